The SMILES string of the molecule is CCOc1ccc2c(c1)n(-c1ccccn1)c(=O)n2S(=O)(=O)c1ccc(C(=O)NC(C)(C)CC)cc1OC. The highest BCUT2D eigenvalue weighted by Crippen LogP contribution is 2.30. The Labute approximate surface area is 220 Å². The van der Waals surface area contributed by atoms with Gasteiger partial charge in [-0.2, -0.15) is 3.97 Å². The number of benzene rings is 2. The third-order valence-corrected chi connectivity index (χ3v) is 7.97. The van der Waals surface area contributed by atoms with Crippen molar-refractivity contribution in [2.75, 3.05) is 13.7 Å². The second-order valence-electron chi connectivity index (χ2n) is 9.22. The molecule has 0 saturated carbocycles. The van der Waals surface area contributed by atoms with Gasteiger partial charge in [-0.25, -0.2) is 22.8 Å². The first-order chi connectivity index (χ1) is 18.0. The van der Waals surface area contributed by atoms with Crippen LogP contribution in [0.4, 0.5) is 0 Å². The third kappa shape index (κ3) is 4.89. The molecule has 38 heavy (non-hydrogen) atoms. The molecule has 0 aliphatic carbocycles. The number of aromatic nitrogens is 3. The van der Waals surface area contributed by atoms with E-state index >= 15 is 0 Å². The number of carbonyl (C=O) groups is 1. The Morgan fingerprint density at radius 3 is 2.45 bits per heavy atom. The van der Waals surface area contributed by atoms with E-state index in [1.165, 1.54) is 42.1 Å². The van der Waals surface area contributed by atoms with Gasteiger partial charge < -0.3 is 14.8 Å². The van der Waals surface area contributed by atoms with Gasteiger partial charge in [0.05, 0.1) is 24.8 Å². The zero-order chi connectivity index (χ0) is 27.7. The Hall–Kier alpha value is -4.12. The van der Waals surface area contributed by atoms with Crippen LogP contribution in [0.15, 0.2) is 70.5 Å². The summed E-state index contributed by atoms with van der Waals surface area (Å²) in [6, 6.07) is 13.7. The van der Waals surface area contributed by atoms with Crippen LogP contribution < -0.4 is 20.5 Å². The van der Waals surface area contributed by atoms with Crippen LogP contribution >= 0.6 is 0 Å². The lowest BCUT2D eigenvalue weighted by atomic mass is 10.0. The Bertz CT molecular complexity index is 1660. The number of methoxy groups -OCH3 is 1. The summed E-state index contributed by atoms with van der Waals surface area (Å²) < 4.78 is 40.9. The van der Waals surface area contributed by atoms with Crippen LogP contribution in [-0.4, -0.2) is 47.1 Å². The van der Waals surface area contributed by atoms with Crippen LogP contribution in [0.2, 0.25) is 0 Å². The summed E-state index contributed by atoms with van der Waals surface area (Å²) >= 11 is 0. The number of pyridine rings is 1. The summed E-state index contributed by atoms with van der Waals surface area (Å²) in [4.78, 5) is 30.5. The predicted molar refractivity (Wildman–Crippen MR) is 144 cm³/mol. The molecule has 0 saturated heterocycles. The van der Waals surface area contributed by atoms with Crippen molar-refractivity contribution < 1.29 is 22.7 Å². The maximum Gasteiger partial charge on any atom is 0.349 e. The Kier molecular flexibility index (Phi) is 7.32. The van der Waals surface area contributed by atoms with Crippen molar-refractivity contribution in [3.63, 3.8) is 0 Å². The van der Waals surface area contributed by atoms with Crippen molar-refractivity contribution in [2.24, 2.45) is 0 Å². The number of fused-ring (bicyclic) bond motifs is 1. The molecule has 4 rings (SSSR count). The monoisotopic (exact) mass is 538 g/mol. The number of rotatable bonds is 9. The van der Waals surface area contributed by atoms with Crippen molar-refractivity contribution in [2.45, 2.75) is 44.6 Å². The molecule has 11 heteroatoms. The summed E-state index contributed by atoms with van der Waals surface area (Å²) in [7, 11) is -3.17. The van der Waals surface area contributed by atoms with E-state index in [1.807, 2.05) is 27.7 Å². The molecular weight excluding hydrogens is 508 g/mol. The average molecular weight is 539 g/mol. The minimum absolute atomic E-state index is 0.0662. The largest absolute Gasteiger partial charge is 0.495 e. The van der Waals surface area contributed by atoms with E-state index in [-0.39, 0.29) is 33.5 Å². The summed E-state index contributed by atoms with van der Waals surface area (Å²) in [5.41, 5.74) is -0.610. The quantitative estimate of drug-likeness (QED) is 0.344. The maximum absolute atomic E-state index is 14.0. The molecule has 200 valence electrons. The molecule has 1 amide bonds. The molecule has 0 unspecified atom stereocenters. The Balaban J connectivity index is 1.91. The van der Waals surface area contributed by atoms with Gasteiger partial charge in [0.15, 0.2) is 0 Å². The number of imidazole rings is 1. The molecule has 0 atom stereocenters. The predicted octanol–water partition coefficient (Wildman–Crippen LogP) is 3.75. The van der Waals surface area contributed by atoms with E-state index in [2.05, 4.69) is 10.3 Å². The number of amides is 1. The van der Waals surface area contributed by atoms with Gasteiger partial charge in [0.25, 0.3) is 15.9 Å². The first kappa shape index (κ1) is 26.9. The van der Waals surface area contributed by atoms with Crippen LogP contribution in [-0.2, 0) is 10.0 Å². The van der Waals surface area contributed by atoms with Crippen molar-refractivity contribution >= 4 is 27.0 Å². The topological polar surface area (TPSA) is 122 Å². The highest BCUT2D eigenvalue weighted by Gasteiger charge is 2.30. The normalized spacial score (nSPS) is 11.9. The number of nitrogens with zero attached hydrogens (tertiary/aromatic N) is 3. The number of nitrogens with one attached hydrogen (secondary N) is 1. The van der Waals surface area contributed by atoms with E-state index in [9.17, 15) is 18.0 Å². The van der Waals surface area contributed by atoms with Gasteiger partial charge in [-0.1, -0.05) is 13.0 Å². The number of carbonyl (C=O) groups excluding carboxylic acids is 1. The third-order valence-electron chi connectivity index (χ3n) is 6.24. The van der Waals surface area contributed by atoms with E-state index in [1.54, 1.807) is 30.3 Å². The summed E-state index contributed by atoms with van der Waals surface area (Å²) in [6.07, 6.45) is 2.22. The smallest absolute Gasteiger partial charge is 0.349 e. The van der Waals surface area contributed by atoms with Crippen molar-refractivity contribution in [3.8, 4) is 17.3 Å². The zero-order valence-corrected chi connectivity index (χ0v) is 22.7. The van der Waals surface area contributed by atoms with Crippen molar-refractivity contribution in [3.05, 3.63) is 76.8 Å². The van der Waals surface area contributed by atoms with Gasteiger partial charge in [0, 0.05) is 23.4 Å². The fourth-order valence-corrected chi connectivity index (χ4v) is 5.47. The fraction of sp³-hybridized carbons (Fsp3) is 0.296. The molecular formula is C27H30N4O6S. The van der Waals surface area contributed by atoms with E-state index < -0.39 is 21.3 Å². The van der Waals surface area contributed by atoms with E-state index in [4.69, 9.17) is 9.47 Å². The highest BCUT2D eigenvalue weighted by molar-refractivity contribution is 7.90. The fourth-order valence-electron chi connectivity index (χ4n) is 3.94. The molecule has 2 heterocycles. The molecule has 0 aliphatic heterocycles. The minimum Gasteiger partial charge on any atom is -0.495 e. The molecule has 0 fully saturated rings. The van der Waals surface area contributed by atoms with Gasteiger partial charge in [0.2, 0.25) is 0 Å². The van der Waals surface area contributed by atoms with Crippen LogP contribution in [0, 0.1) is 0 Å². The molecule has 0 bridgehead atoms. The van der Waals surface area contributed by atoms with Gasteiger partial charge in [-0.3, -0.25) is 4.79 Å². The lowest BCUT2D eigenvalue weighted by Gasteiger charge is -2.24. The van der Waals surface area contributed by atoms with Crippen LogP contribution in [0.5, 0.6) is 11.5 Å². The van der Waals surface area contributed by atoms with Crippen molar-refractivity contribution in [1.29, 1.82) is 0 Å². The molecule has 4 aromatic rings. The van der Waals surface area contributed by atoms with Crippen molar-refractivity contribution in [1.82, 2.24) is 18.8 Å². The minimum atomic E-state index is -4.48. The first-order valence-electron chi connectivity index (χ1n) is 12.1. The van der Waals surface area contributed by atoms with Gasteiger partial charge >= 0.3 is 5.69 Å². The number of hydrogen-bond donors (Lipinski definition) is 1. The molecule has 2 aromatic heterocycles. The molecule has 10 nitrogen and oxygen atoms in total. The standard InChI is InChI=1S/C27H30N4O6S/c1-6-27(3,4)29-25(32)18-11-14-23(22(16-18)36-5)38(34,35)31-20-13-12-19(37-7-2)17-21(20)30(26(31)33)24-10-8-9-15-28-24/h8-17H,6-7H2,1-5H3,(H,29,32). The Morgan fingerprint density at radius 2 is 1.82 bits per heavy atom. The summed E-state index contributed by atoms with van der Waals surface area (Å²) in [5.74, 6) is 0.291. The second-order valence-corrected chi connectivity index (χ2v) is 11.0. The number of ether oxygens (including phenoxy) is 2. The van der Waals surface area contributed by atoms with Gasteiger partial charge in [-0.15, -0.1) is 0 Å². The molecule has 0 spiro atoms. The maximum atomic E-state index is 14.0. The lowest BCUT2D eigenvalue weighted by Crippen LogP contribution is -2.42. The molecule has 2 aromatic carbocycles. The van der Waals surface area contributed by atoms with Gasteiger partial charge in [0.1, 0.15) is 22.2 Å². The summed E-state index contributed by atoms with van der Waals surface area (Å²) in [6.45, 7) is 7.95. The highest BCUT2D eigenvalue weighted by atomic mass is 32.2. The molecule has 1 N–H and O–H groups in total. The first-order valence-corrected chi connectivity index (χ1v) is 13.6. The molecule has 0 aliphatic rings. The van der Waals surface area contributed by atoms with Crippen LogP contribution in [0.1, 0.15) is 44.5 Å². The number of hydrogen-bond acceptors (Lipinski definition) is 7. The van der Waals surface area contributed by atoms with Gasteiger partial charge in [-0.05, 0) is 69.7 Å². The van der Waals surface area contributed by atoms with E-state index in [0.29, 0.717) is 28.3 Å². The van der Waals surface area contributed by atoms with Crippen LogP contribution in [0.3, 0.4) is 0 Å². The summed E-state index contributed by atoms with van der Waals surface area (Å²) in [5, 5.41) is 2.91. The zero-order valence-electron chi connectivity index (χ0n) is 21.9. The second kappa shape index (κ2) is 10.3. The van der Waals surface area contributed by atoms with E-state index in [0.717, 1.165) is 0 Å². The average Bonchev–Trinajstić information content (AvgIpc) is 3.20. The molecule has 0 radical (unpaired) electrons. The van der Waals surface area contributed by atoms with Crippen LogP contribution in [0.25, 0.3) is 16.9 Å². The lowest BCUT2D eigenvalue weighted by molar-refractivity contribution is 0.0910. The Morgan fingerprint density at radius 1 is 1.05 bits per heavy atom.